The number of amides is 1. The van der Waals surface area contributed by atoms with E-state index in [0.717, 1.165) is 24.3 Å². The number of anilines is 2. The van der Waals surface area contributed by atoms with Crippen molar-refractivity contribution in [3.63, 3.8) is 0 Å². The number of benzene rings is 1. The summed E-state index contributed by atoms with van der Waals surface area (Å²) in [5.74, 6) is 0.588. The van der Waals surface area contributed by atoms with Gasteiger partial charge in [-0.25, -0.2) is 4.79 Å². The summed E-state index contributed by atoms with van der Waals surface area (Å²) in [6.07, 6.45) is 0.685. The molecule has 0 aliphatic rings. The first-order valence-corrected chi connectivity index (χ1v) is 7.14. The van der Waals surface area contributed by atoms with Crippen LogP contribution in [-0.4, -0.2) is 18.2 Å². The zero-order valence-corrected chi connectivity index (χ0v) is 13.1. The van der Waals surface area contributed by atoms with Crippen LogP contribution in [0.25, 0.3) is 0 Å². The number of rotatable bonds is 5. The van der Waals surface area contributed by atoms with Crippen LogP contribution in [0.15, 0.2) is 24.3 Å². The minimum atomic E-state index is -0.497. The third kappa shape index (κ3) is 5.95. The highest BCUT2D eigenvalue weighted by molar-refractivity contribution is 5.89. The number of carbonyl (C=O) groups excluding carboxylic acids is 1. The summed E-state index contributed by atoms with van der Waals surface area (Å²) >= 11 is 0. The van der Waals surface area contributed by atoms with E-state index in [1.54, 1.807) is 0 Å². The van der Waals surface area contributed by atoms with Gasteiger partial charge in [0.05, 0.1) is 11.4 Å². The molecule has 1 unspecified atom stereocenters. The van der Waals surface area contributed by atoms with Crippen LogP contribution in [0.5, 0.6) is 0 Å². The van der Waals surface area contributed by atoms with E-state index < -0.39 is 11.7 Å². The molecule has 0 aliphatic heterocycles. The van der Waals surface area contributed by atoms with Crippen molar-refractivity contribution in [2.45, 2.75) is 46.6 Å². The Labute approximate surface area is 121 Å². The van der Waals surface area contributed by atoms with E-state index in [9.17, 15) is 4.79 Å². The summed E-state index contributed by atoms with van der Waals surface area (Å²) in [5, 5.41) is 6.15. The predicted octanol–water partition coefficient (Wildman–Crippen LogP) is 4.49. The number of para-hydroxylation sites is 2. The summed E-state index contributed by atoms with van der Waals surface area (Å²) in [7, 11) is 0. The topological polar surface area (TPSA) is 50.4 Å². The van der Waals surface area contributed by atoms with Crippen molar-refractivity contribution in [1.29, 1.82) is 0 Å². The summed E-state index contributed by atoms with van der Waals surface area (Å²) in [6, 6.07) is 7.65. The molecule has 1 aromatic carbocycles. The van der Waals surface area contributed by atoms with Crippen molar-refractivity contribution in [2.75, 3.05) is 17.2 Å². The monoisotopic (exact) mass is 278 g/mol. The van der Waals surface area contributed by atoms with E-state index in [1.807, 2.05) is 45.0 Å². The molecule has 0 bridgehead atoms. The van der Waals surface area contributed by atoms with E-state index in [-0.39, 0.29) is 0 Å². The van der Waals surface area contributed by atoms with Crippen LogP contribution in [0.2, 0.25) is 0 Å². The van der Waals surface area contributed by atoms with Crippen LogP contribution in [-0.2, 0) is 4.74 Å². The molecule has 0 aromatic heterocycles. The van der Waals surface area contributed by atoms with Gasteiger partial charge in [0, 0.05) is 6.54 Å². The highest BCUT2D eigenvalue weighted by atomic mass is 16.6. The van der Waals surface area contributed by atoms with Crippen molar-refractivity contribution in [3.8, 4) is 0 Å². The fraction of sp³-hybridized carbons (Fsp3) is 0.562. The lowest BCUT2D eigenvalue weighted by Gasteiger charge is -2.21. The molecule has 1 rings (SSSR count). The lowest BCUT2D eigenvalue weighted by Crippen LogP contribution is -2.27. The number of hydrogen-bond acceptors (Lipinski definition) is 3. The molecule has 0 saturated carbocycles. The van der Waals surface area contributed by atoms with Crippen LogP contribution in [0.1, 0.15) is 41.0 Å². The first-order valence-electron chi connectivity index (χ1n) is 7.14. The van der Waals surface area contributed by atoms with Crippen LogP contribution < -0.4 is 10.6 Å². The quantitative estimate of drug-likeness (QED) is 0.834. The van der Waals surface area contributed by atoms with Crippen molar-refractivity contribution < 1.29 is 9.53 Å². The van der Waals surface area contributed by atoms with Gasteiger partial charge in [-0.15, -0.1) is 0 Å². The minimum absolute atomic E-state index is 0.435. The second-order valence-corrected chi connectivity index (χ2v) is 6.07. The summed E-state index contributed by atoms with van der Waals surface area (Å²) in [6.45, 7) is 10.8. The smallest absolute Gasteiger partial charge is 0.412 e. The predicted molar refractivity (Wildman–Crippen MR) is 84.2 cm³/mol. The van der Waals surface area contributed by atoms with Crippen LogP contribution >= 0.6 is 0 Å². The third-order valence-corrected chi connectivity index (χ3v) is 2.90. The van der Waals surface area contributed by atoms with Gasteiger partial charge >= 0.3 is 6.09 Å². The van der Waals surface area contributed by atoms with Crippen molar-refractivity contribution >= 4 is 17.5 Å². The van der Waals surface area contributed by atoms with Crippen molar-refractivity contribution in [3.05, 3.63) is 24.3 Å². The molecular weight excluding hydrogens is 252 g/mol. The Balaban J connectivity index is 2.68. The highest BCUT2D eigenvalue weighted by Crippen LogP contribution is 2.22. The molecule has 2 N–H and O–H groups in total. The van der Waals surface area contributed by atoms with E-state index in [4.69, 9.17) is 4.74 Å². The molecule has 112 valence electrons. The largest absolute Gasteiger partial charge is 0.444 e. The standard InChI is InChI=1S/C16H26N2O2/c1-6-12(2)11-17-13-9-7-8-10-14(13)18-15(19)20-16(3,4)5/h7-10,12,17H,6,11H2,1-5H3,(H,18,19). The second kappa shape index (κ2) is 7.17. The maximum atomic E-state index is 11.8. The molecule has 0 radical (unpaired) electrons. The van der Waals surface area contributed by atoms with Crippen molar-refractivity contribution in [2.24, 2.45) is 5.92 Å². The molecule has 0 spiro atoms. The molecule has 1 atom stereocenters. The third-order valence-electron chi connectivity index (χ3n) is 2.90. The minimum Gasteiger partial charge on any atom is -0.444 e. The number of ether oxygens (including phenoxy) is 1. The van der Waals surface area contributed by atoms with Crippen LogP contribution in [0.3, 0.4) is 0 Å². The van der Waals surface area contributed by atoms with Gasteiger partial charge in [0.15, 0.2) is 0 Å². The van der Waals surface area contributed by atoms with Crippen LogP contribution in [0.4, 0.5) is 16.2 Å². The lowest BCUT2D eigenvalue weighted by molar-refractivity contribution is 0.0636. The van der Waals surface area contributed by atoms with E-state index in [0.29, 0.717) is 5.92 Å². The number of nitrogens with one attached hydrogen (secondary N) is 2. The summed E-state index contributed by atoms with van der Waals surface area (Å²) < 4.78 is 5.27. The van der Waals surface area contributed by atoms with Gasteiger partial charge in [-0.05, 0) is 38.8 Å². The highest BCUT2D eigenvalue weighted by Gasteiger charge is 2.17. The normalized spacial score (nSPS) is 12.7. The molecular formula is C16H26N2O2. The Morgan fingerprint density at radius 2 is 1.85 bits per heavy atom. The molecule has 4 nitrogen and oxygen atoms in total. The maximum absolute atomic E-state index is 11.8. The van der Waals surface area contributed by atoms with Crippen molar-refractivity contribution in [1.82, 2.24) is 0 Å². The molecule has 4 heteroatoms. The Hall–Kier alpha value is -1.71. The van der Waals surface area contributed by atoms with E-state index in [1.165, 1.54) is 0 Å². The Morgan fingerprint density at radius 1 is 1.25 bits per heavy atom. The van der Waals surface area contributed by atoms with Gasteiger partial charge < -0.3 is 10.1 Å². The zero-order valence-electron chi connectivity index (χ0n) is 13.1. The van der Waals surface area contributed by atoms with Crippen LogP contribution in [0, 0.1) is 5.92 Å². The van der Waals surface area contributed by atoms with Gasteiger partial charge in [-0.2, -0.15) is 0 Å². The van der Waals surface area contributed by atoms with E-state index >= 15 is 0 Å². The molecule has 1 amide bonds. The first-order chi connectivity index (χ1) is 9.31. The SMILES string of the molecule is CCC(C)CNc1ccccc1NC(=O)OC(C)(C)C. The average Bonchev–Trinajstić information content (AvgIpc) is 2.35. The zero-order chi connectivity index (χ0) is 15.2. The maximum Gasteiger partial charge on any atom is 0.412 e. The molecule has 20 heavy (non-hydrogen) atoms. The Kier molecular flexibility index (Phi) is 5.86. The molecule has 0 heterocycles. The average molecular weight is 278 g/mol. The molecule has 0 saturated heterocycles. The lowest BCUT2D eigenvalue weighted by atomic mass is 10.1. The van der Waals surface area contributed by atoms with Gasteiger partial charge in [0.1, 0.15) is 5.60 Å². The summed E-state index contributed by atoms with van der Waals surface area (Å²) in [4.78, 5) is 11.8. The number of carbonyl (C=O) groups is 1. The molecule has 0 aliphatic carbocycles. The second-order valence-electron chi connectivity index (χ2n) is 6.07. The fourth-order valence-corrected chi connectivity index (χ4v) is 1.59. The van der Waals surface area contributed by atoms with Gasteiger partial charge in [-0.3, -0.25) is 5.32 Å². The first kappa shape index (κ1) is 16.3. The molecule has 1 aromatic rings. The number of hydrogen-bond donors (Lipinski definition) is 2. The summed E-state index contributed by atoms with van der Waals surface area (Å²) in [5.41, 5.74) is 1.16. The van der Waals surface area contributed by atoms with Gasteiger partial charge in [0.2, 0.25) is 0 Å². The Morgan fingerprint density at radius 3 is 2.40 bits per heavy atom. The van der Waals surface area contributed by atoms with Gasteiger partial charge in [0.25, 0.3) is 0 Å². The molecule has 0 fully saturated rings. The van der Waals surface area contributed by atoms with Gasteiger partial charge in [-0.1, -0.05) is 32.4 Å². The van der Waals surface area contributed by atoms with E-state index in [2.05, 4.69) is 24.5 Å². The fourth-order valence-electron chi connectivity index (χ4n) is 1.59. The Bertz CT molecular complexity index is 438.